The summed E-state index contributed by atoms with van der Waals surface area (Å²) >= 11 is 0. The molecule has 1 aromatic rings. The van der Waals surface area contributed by atoms with Gasteiger partial charge in [-0.3, -0.25) is 14.9 Å². The first kappa shape index (κ1) is 13.1. The summed E-state index contributed by atoms with van der Waals surface area (Å²) in [4.78, 5) is 21.3. The highest BCUT2D eigenvalue weighted by molar-refractivity contribution is 5.84. The van der Waals surface area contributed by atoms with E-state index in [-0.39, 0.29) is 17.1 Å². The minimum absolute atomic E-state index is 0.112. The van der Waals surface area contributed by atoms with Gasteiger partial charge >= 0.3 is 0 Å². The van der Waals surface area contributed by atoms with Crippen molar-refractivity contribution in [3.05, 3.63) is 33.6 Å². The number of carbonyl (C=O) groups excluding carboxylic acids is 1. The van der Waals surface area contributed by atoms with E-state index in [9.17, 15) is 19.3 Å². The molecule has 1 rings (SSSR count). The first-order chi connectivity index (χ1) is 7.88. The number of nitrogens with zero attached hydrogens (tertiary/aromatic N) is 1. The zero-order valence-corrected chi connectivity index (χ0v) is 9.69. The number of nitro benzene ring substituents is 1. The molecule has 0 N–H and O–H groups in total. The molecule has 0 aliphatic rings. The molecule has 0 bridgehead atoms. The Balaban J connectivity index is 3.43. The maximum Gasteiger partial charge on any atom is 0.276 e. The van der Waals surface area contributed by atoms with Gasteiger partial charge < -0.3 is 4.74 Å². The molecule has 0 amide bonds. The number of rotatable bonds is 4. The van der Waals surface area contributed by atoms with Gasteiger partial charge in [0.2, 0.25) is 0 Å². The van der Waals surface area contributed by atoms with Crippen LogP contribution in [-0.2, 0) is 4.79 Å². The van der Waals surface area contributed by atoms with E-state index in [1.165, 1.54) is 27.0 Å². The topological polar surface area (TPSA) is 69.4 Å². The predicted octanol–water partition coefficient (Wildman–Crippen LogP) is 2.44. The standard InChI is InChI=1S/C11H12FNO4/c1-6(7(2)14)8-4-11(17-3)9(12)5-10(8)13(15)16/h4-6H,1-3H3. The van der Waals surface area contributed by atoms with E-state index in [1.807, 2.05) is 0 Å². The molecular formula is C11H12FNO4. The lowest BCUT2D eigenvalue weighted by atomic mass is 9.95. The van der Waals surface area contributed by atoms with Gasteiger partial charge in [-0.25, -0.2) is 4.39 Å². The fourth-order valence-electron chi connectivity index (χ4n) is 1.44. The minimum atomic E-state index is -0.821. The monoisotopic (exact) mass is 241 g/mol. The second kappa shape index (κ2) is 4.90. The second-order valence-electron chi connectivity index (χ2n) is 3.64. The van der Waals surface area contributed by atoms with Crippen LogP contribution in [0.5, 0.6) is 5.75 Å². The van der Waals surface area contributed by atoms with E-state index in [4.69, 9.17) is 4.74 Å². The summed E-state index contributed by atoms with van der Waals surface area (Å²) in [5.74, 6) is -1.84. The van der Waals surface area contributed by atoms with Crippen molar-refractivity contribution in [1.29, 1.82) is 0 Å². The van der Waals surface area contributed by atoms with Crippen LogP contribution in [-0.4, -0.2) is 17.8 Å². The lowest BCUT2D eigenvalue weighted by Gasteiger charge is -2.11. The van der Waals surface area contributed by atoms with Gasteiger partial charge in [0, 0.05) is 11.5 Å². The number of Topliss-reactive ketones (excluding diaryl/α,β-unsaturated/α-hetero) is 1. The first-order valence-corrected chi connectivity index (χ1v) is 4.90. The first-order valence-electron chi connectivity index (χ1n) is 4.90. The van der Waals surface area contributed by atoms with Crippen LogP contribution >= 0.6 is 0 Å². The largest absolute Gasteiger partial charge is 0.494 e. The number of ketones is 1. The molecule has 0 fully saturated rings. The minimum Gasteiger partial charge on any atom is -0.494 e. The summed E-state index contributed by atoms with van der Waals surface area (Å²) in [5, 5.41) is 10.8. The van der Waals surface area contributed by atoms with E-state index < -0.39 is 22.3 Å². The molecule has 1 atom stereocenters. The molecular weight excluding hydrogens is 229 g/mol. The van der Waals surface area contributed by atoms with Crippen molar-refractivity contribution in [2.24, 2.45) is 0 Å². The van der Waals surface area contributed by atoms with Crippen LogP contribution in [0.15, 0.2) is 12.1 Å². The number of halogens is 1. The lowest BCUT2D eigenvalue weighted by Crippen LogP contribution is -2.08. The molecule has 92 valence electrons. The highest BCUT2D eigenvalue weighted by Crippen LogP contribution is 2.32. The van der Waals surface area contributed by atoms with E-state index in [0.29, 0.717) is 0 Å². The summed E-state index contributed by atoms with van der Waals surface area (Å²) in [5.41, 5.74) is -0.258. The van der Waals surface area contributed by atoms with Crippen molar-refractivity contribution in [2.45, 2.75) is 19.8 Å². The molecule has 17 heavy (non-hydrogen) atoms. The Hall–Kier alpha value is -1.98. The van der Waals surface area contributed by atoms with Gasteiger partial charge in [0.1, 0.15) is 5.78 Å². The highest BCUT2D eigenvalue weighted by atomic mass is 19.1. The van der Waals surface area contributed by atoms with E-state index in [1.54, 1.807) is 0 Å². The van der Waals surface area contributed by atoms with Crippen molar-refractivity contribution in [1.82, 2.24) is 0 Å². The second-order valence-corrected chi connectivity index (χ2v) is 3.64. The van der Waals surface area contributed by atoms with Crippen LogP contribution in [0.25, 0.3) is 0 Å². The van der Waals surface area contributed by atoms with Crippen LogP contribution < -0.4 is 4.74 Å². The smallest absolute Gasteiger partial charge is 0.276 e. The van der Waals surface area contributed by atoms with Gasteiger partial charge in [0.05, 0.1) is 18.1 Å². The highest BCUT2D eigenvalue weighted by Gasteiger charge is 2.25. The number of benzene rings is 1. The number of hydrogen-bond acceptors (Lipinski definition) is 4. The third-order valence-electron chi connectivity index (χ3n) is 2.57. The van der Waals surface area contributed by atoms with Crippen LogP contribution in [0.3, 0.4) is 0 Å². The van der Waals surface area contributed by atoms with Crippen molar-refractivity contribution in [3.63, 3.8) is 0 Å². The van der Waals surface area contributed by atoms with Crippen molar-refractivity contribution < 1.29 is 18.8 Å². The van der Waals surface area contributed by atoms with Crippen molar-refractivity contribution in [3.8, 4) is 5.75 Å². The van der Waals surface area contributed by atoms with Crippen LogP contribution in [0.2, 0.25) is 0 Å². The Morgan fingerprint density at radius 2 is 2.12 bits per heavy atom. The fourth-order valence-corrected chi connectivity index (χ4v) is 1.44. The van der Waals surface area contributed by atoms with Gasteiger partial charge in [-0.05, 0) is 13.0 Å². The molecule has 6 heteroatoms. The Bertz CT molecular complexity index is 473. The third-order valence-corrected chi connectivity index (χ3v) is 2.57. The van der Waals surface area contributed by atoms with Crippen LogP contribution in [0, 0.1) is 15.9 Å². The molecule has 1 unspecified atom stereocenters. The molecule has 0 aliphatic carbocycles. The van der Waals surface area contributed by atoms with Gasteiger partial charge in [0.25, 0.3) is 5.69 Å². The van der Waals surface area contributed by atoms with Gasteiger partial charge in [0.15, 0.2) is 11.6 Å². The zero-order valence-electron chi connectivity index (χ0n) is 9.69. The maximum absolute atomic E-state index is 13.3. The molecule has 0 aromatic heterocycles. The molecule has 0 aliphatic heterocycles. The number of hydrogen-bond donors (Lipinski definition) is 0. The summed E-state index contributed by atoms with van der Waals surface area (Å²) in [6.45, 7) is 2.85. The number of ether oxygens (including phenoxy) is 1. The molecule has 1 aromatic carbocycles. The van der Waals surface area contributed by atoms with E-state index >= 15 is 0 Å². The van der Waals surface area contributed by atoms with Crippen LogP contribution in [0.4, 0.5) is 10.1 Å². The molecule has 0 heterocycles. The molecule has 5 nitrogen and oxygen atoms in total. The number of nitro groups is 1. The number of carbonyl (C=O) groups is 1. The summed E-state index contributed by atoms with van der Waals surface area (Å²) < 4.78 is 18.1. The molecule has 0 radical (unpaired) electrons. The summed E-state index contributed by atoms with van der Waals surface area (Å²) in [6.07, 6.45) is 0. The fraction of sp³-hybridized carbons (Fsp3) is 0.364. The Morgan fingerprint density at radius 1 is 1.53 bits per heavy atom. The SMILES string of the molecule is COc1cc(C(C)C(C)=O)c([N+](=O)[O-])cc1F. The van der Waals surface area contributed by atoms with Crippen LogP contribution in [0.1, 0.15) is 25.3 Å². The third kappa shape index (κ3) is 2.58. The Kier molecular flexibility index (Phi) is 3.77. The zero-order chi connectivity index (χ0) is 13.2. The van der Waals surface area contributed by atoms with Gasteiger partial charge in [-0.2, -0.15) is 0 Å². The quantitative estimate of drug-likeness (QED) is 0.599. The van der Waals surface area contributed by atoms with Gasteiger partial charge in [-0.15, -0.1) is 0 Å². The van der Waals surface area contributed by atoms with Gasteiger partial charge in [-0.1, -0.05) is 6.92 Å². The summed E-state index contributed by atoms with van der Waals surface area (Å²) in [7, 11) is 1.26. The van der Waals surface area contributed by atoms with E-state index in [0.717, 1.165) is 6.07 Å². The number of methoxy groups -OCH3 is 1. The summed E-state index contributed by atoms with van der Waals surface area (Å²) in [6, 6.07) is 1.97. The maximum atomic E-state index is 13.3. The van der Waals surface area contributed by atoms with Crippen molar-refractivity contribution in [2.75, 3.05) is 7.11 Å². The average molecular weight is 241 g/mol. The van der Waals surface area contributed by atoms with E-state index in [2.05, 4.69) is 0 Å². The predicted molar refractivity (Wildman–Crippen MR) is 58.7 cm³/mol. The molecule has 0 saturated carbocycles. The average Bonchev–Trinajstić information content (AvgIpc) is 2.27. The van der Waals surface area contributed by atoms with Crippen molar-refractivity contribution >= 4 is 11.5 Å². The normalized spacial score (nSPS) is 12.0. The Morgan fingerprint density at radius 3 is 2.53 bits per heavy atom. The lowest BCUT2D eigenvalue weighted by molar-refractivity contribution is -0.385. The molecule has 0 spiro atoms. The molecule has 0 saturated heterocycles. The Labute approximate surface area is 97.3 Å².